The lowest BCUT2D eigenvalue weighted by molar-refractivity contribution is -0.156. The molecule has 2 aromatic carbocycles. The first-order chi connectivity index (χ1) is 19.8. The number of nitrogens with one attached hydrogen (secondary N) is 1. The highest BCUT2D eigenvalue weighted by atomic mass is 35.5. The van der Waals surface area contributed by atoms with Crippen molar-refractivity contribution in [2.45, 2.75) is 89.4 Å². The maximum absolute atomic E-state index is 14.1. The minimum absolute atomic E-state index is 0.0894. The third-order valence-electron chi connectivity index (χ3n) is 8.05. The predicted octanol–water partition coefficient (Wildman–Crippen LogP) is 8.19. The lowest BCUT2D eigenvalue weighted by Gasteiger charge is -2.52. The van der Waals surface area contributed by atoms with Crippen molar-refractivity contribution in [1.29, 1.82) is 0 Å². The first-order valence-electron chi connectivity index (χ1n) is 14.4. The van der Waals surface area contributed by atoms with Gasteiger partial charge in [-0.15, -0.1) is 0 Å². The van der Waals surface area contributed by atoms with Gasteiger partial charge in [-0.25, -0.2) is 0 Å². The normalized spacial score (nSPS) is 22.3. The number of likely N-dealkylation sites (tertiary alicyclic amines) is 1. The van der Waals surface area contributed by atoms with E-state index in [1.165, 1.54) is 0 Å². The predicted molar refractivity (Wildman–Crippen MR) is 184 cm³/mol. The van der Waals surface area contributed by atoms with Crippen LogP contribution in [-0.2, 0) is 24.5 Å². The molecule has 0 aromatic heterocycles. The van der Waals surface area contributed by atoms with Crippen LogP contribution in [0.4, 0.5) is 5.69 Å². The maximum Gasteiger partial charge on any atom is 0.326 e. The van der Waals surface area contributed by atoms with Gasteiger partial charge in [0.1, 0.15) is 17.6 Å². The Balaban J connectivity index is 0.000000557. The number of nitrogens with zero attached hydrogens (tertiary/aromatic N) is 1. The Kier molecular flexibility index (Phi) is 11.0. The standard InChI is InChI=1S/C27H28Cl2N2O3S.C6H16OSi/c1-15(2)24-27(19-10-9-18(29)12-21(19)30-25(27)33)20(16-7-6-8-17(28)11-16)13-22(35)31(24)14-23(32)34-26(3,4)5;1-6(7-2)8(3,4)5/h6-12,20,24H,1,13-14H2,2-5H3,(H,30,33);6H,1-5H3/t20-,24-,27-;/m0./s1. The summed E-state index contributed by atoms with van der Waals surface area (Å²) in [4.78, 5) is 29.3. The quantitative estimate of drug-likeness (QED) is 0.146. The number of carbonyl (C=O) groups excluding carboxylic acids is 2. The molecule has 0 aliphatic carbocycles. The van der Waals surface area contributed by atoms with E-state index in [1.807, 2.05) is 52.0 Å². The van der Waals surface area contributed by atoms with Crippen LogP contribution >= 0.6 is 35.4 Å². The molecule has 1 amide bonds. The molecule has 1 saturated heterocycles. The van der Waals surface area contributed by atoms with Gasteiger partial charge in [0, 0.05) is 40.9 Å². The zero-order valence-corrected chi connectivity index (χ0v) is 30.0. The molecule has 0 saturated carbocycles. The number of esters is 1. The van der Waals surface area contributed by atoms with E-state index in [4.69, 9.17) is 44.9 Å². The molecule has 2 aliphatic heterocycles. The smallest absolute Gasteiger partial charge is 0.326 e. The summed E-state index contributed by atoms with van der Waals surface area (Å²) in [7, 11) is 0.798. The molecule has 0 bridgehead atoms. The van der Waals surface area contributed by atoms with Gasteiger partial charge < -0.3 is 19.7 Å². The van der Waals surface area contributed by atoms with E-state index in [0.717, 1.165) is 11.1 Å². The highest BCUT2D eigenvalue weighted by molar-refractivity contribution is 7.80. The fourth-order valence-corrected chi connectivity index (χ4v) is 7.20. The van der Waals surface area contributed by atoms with Crippen molar-refractivity contribution in [3.63, 3.8) is 0 Å². The number of benzene rings is 2. The summed E-state index contributed by atoms with van der Waals surface area (Å²) < 4.78 is 10.8. The van der Waals surface area contributed by atoms with E-state index in [1.54, 1.807) is 30.2 Å². The third-order valence-corrected chi connectivity index (χ3v) is 11.6. The van der Waals surface area contributed by atoms with Crippen LogP contribution in [0.15, 0.2) is 54.6 Å². The van der Waals surface area contributed by atoms with Crippen molar-refractivity contribution < 1.29 is 19.1 Å². The number of rotatable bonds is 6. The Morgan fingerprint density at radius 3 is 2.33 bits per heavy atom. The third kappa shape index (κ3) is 7.71. The van der Waals surface area contributed by atoms with E-state index in [2.05, 4.69) is 38.5 Å². The van der Waals surface area contributed by atoms with E-state index in [-0.39, 0.29) is 18.4 Å². The summed E-state index contributed by atoms with van der Waals surface area (Å²) in [6, 6.07) is 12.3. The van der Waals surface area contributed by atoms with Crippen LogP contribution in [0.3, 0.4) is 0 Å². The van der Waals surface area contributed by atoms with Gasteiger partial charge in [-0.2, -0.15) is 0 Å². The molecule has 2 heterocycles. The highest BCUT2D eigenvalue weighted by Crippen LogP contribution is 2.56. The van der Waals surface area contributed by atoms with Gasteiger partial charge in [0.25, 0.3) is 0 Å². The summed E-state index contributed by atoms with van der Waals surface area (Å²) in [5.41, 5.74) is 1.76. The van der Waals surface area contributed by atoms with Crippen LogP contribution in [0.2, 0.25) is 29.7 Å². The molecule has 6 nitrogen and oxygen atoms in total. The molecule has 2 aliphatic rings. The highest BCUT2D eigenvalue weighted by Gasteiger charge is 2.62. The van der Waals surface area contributed by atoms with Gasteiger partial charge in [0.2, 0.25) is 5.91 Å². The summed E-state index contributed by atoms with van der Waals surface area (Å²) in [5, 5.41) is 4.13. The molecule has 4 atom stereocenters. The summed E-state index contributed by atoms with van der Waals surface area (Å²) in [6.45, 7) is 20.5. The van der Waals surface area contributed by atoms with Crippen LogP contribution in [0, 0.1) is 0 Å². The number of amides is 1. The number of hydrogen-bond donors (Lipinski definition) is 1. The number of methoxy groups -OCH3 is 1. The zero-order chi connectivity index (χ0) is 32.5. The van der Waals surface area contributed by atoms with Gasteiger partial charge in [0.05, 0.1) is 19.1 Å². The fraction of sp³-hybridized carbons (Fsp3) is 0.485. The first-order valence-corrected chi connectivity index (χ1v) is 19.1. The second-order valence-corrected chi connectivity index (χ2v) is 20.3. The molecule has 1 spiro atoms. The summed E-state index contributed by atoms with van der Waals surface area (Å²) >= 11 is 18.5. The fourth-order valence-electron chi connectivity index (χ4n) is 5.78. The molecule has 1 fully saturated rings. The van der Waals surface area contributed by atoms with Crippen molar-refractivity contribution in [2.24, 2.45) is 0 Å². The van der Waals surface area contributed by atoms with Crippen LogP contribution in [-0.4, -0.2) is 60.9 Å². The van der Waals surface area contributed by atoms with E-state index >= 15 is 0 Å². The van der Waals surface area contributed by atoms with Crippen molar-refractivity contribution in [2.75, 3.05) is 19.0 Å². The molecule has 0 radical (unpaired) electrons. The second kappa shape index (κ2) is 13.4. The van der Waals surface area contributed by atoms with E-state index < -0.39 is 31.1 Å². The number of thiocarbonyl (C=S) groups is 1. The molecule has 234 valence electrons. The SMILES string of the molecule is C=C(C)[C@@H]1N(CC(=O)OC(C)(C)C)C(=S)C[C@@H](c2cccc(Cl)c2)[C@]12C(=O)Nc1cc(Cl)ccc12.COC(C)[Si](C)(C)C. The van der Waals surface area contributed by atoms with Crippen molar-refractivity contribution in [3.05, 3.63) is 75.8 Å². The van der Waals surface area contributed by atoms with E-state index in [9.17, 15) is 9.59 Å². The Labute approximate surface area is 273 Å². The molecular formula is C33H44Cl2N2O4SSi. The number of fused-ring (bicyclic) bond motifs is 2. The van der Waals surface area contributed by atoms with Crippen molar-refractivity contribution >= 4 is 66.0 Å². The Bertz CT molecular complexity index is 1400. The minimum atomic E-state index is -1.11. The summed E-state index contributed by atoms with van der Waals surface area (Å²) in [5.74, 6) is -0.950. The van der Waals surface area contributed by atoms with Gasteiger partial charge in [-0.05, 0) is 70.0 Å². The number of carbonyl (C=O) groups is 2. The first kappa shape index (κ1) is 35.2. The van der Waals surface area contributed by atoms with Crippen LogP contribution in [0.5, 0.6) is 0 Å². The van der Waals surface area contributed by atoms with Crippen LogP contribution in [0.1, 0.15) is 58.1 Å². The number of anilines is 1. The van der Waals surface area contributed by atoms with Crippen LogP contribution < -0.4 is 5.32 Å². The van der Waals surface area contributed by atoms with E-state index in [0.29, 0.717) is 38.4 Å². The minimum Gasteiger partial charge on any atom is -0.459 e. The molecule has 4 rings (SSSR count). The van der Waals surface area contributed by atoms with Gasteiger partial charge in [-0.1, -0.05) is 85.4 Å². The van der Waals surface area contributed by atoms with Gasteiger partial charge in [-0.3, -0.25) is 9.59 Å². The molecule has 2 aromatic rings. The zero-order valence-electron chi connectivity index (χ0n) is 26.6. The number of ether oxygens (including phenoxy) is 2. The monoisotopic (exact) mass is 662 g/mol. The van der Waals surface area contributed by atoms with Crippen molar-refractivity contribution in [3.8, 4) is 0 Å². The largest absolute Gasteiger partial charge is 0.459 e. The molecular weight excluding hydrogens is 619 g/mol. The molecule has 1 N–H and O–H groups in total. The molecule has 43 heavy (non-hydrogen) atoms. The van der Waals surface area contributed by atoms with Crippen molar-refractivity contribution in [1.82, 2.24) is 4.90 Å². The Morgan fingerprint density at radius 1 is 1.19 bits per heavy atom. The lowest BCUT2D eigenvalue weighted by Crippen LogP contribution is -2.64. The Morgan fingerprint density at radius 2 is 1.81 bits per heavy atom. The number of hydrogen-bond acceptors (Lipinski definition) is 5. The topological polar surface area (TPSA) is 67.9 Å². The molecule has 10 heteroatoms. The van der Waals surface area contributed by atoms with Gasteiger partial charge in [0.15, 0.2) is 0 Å². The average Bonchev–Trinajstić information content (AvgIpc) is 3.14. The summed E-state index contributed by atoms with van der Waals surface area (Å²) in [6.07, 6.45) is 0.373. The number of halogens is 2. The number of piperidine rings is 1. The van der Waals surface area contributed by atoms with Crippen LogP contribution in [0.25, 0.3) is 0 Å². The molecule has 1 unspecified atom stereocenters. The second-order valence-electron chi connectivity index (χ2n) is 13.4. The maximum atomic E-state index is 14.1. The lowest BCUT2D eigenvalue weighted by atomic mass is 9.59. The average molecular weight is 664 g/mol. The van der Waals surface area contributed by atoms with Gasteiger partial charge >= 0.3 is 5.97 Å². The Hall–Kier alpha value is -2.23.